The summed E-state index contributed by atoms with van der Waals surface area (Å²) < 4.78 is 25.7. The third-order valence-corrected chi connectivity index (χ3v) is 1.93. The first-order valence-electron chi connectivity index (χ1n) is 4.38. The van der Waals surface area contributed by atoms with Crippen molar-refractivity contribution in [1.82, 2.24) is 0 Å². The number of carbonyl (C=O) groups is 2. The fourth-order valence-electron chi connectivity index (χ4n) is 1.17. The van der Waals surface area contributed by atoms with Crippen molar-refractivity contribution in [3.8, 4) is 0 Å². The summed E-state index contributed by atoms with van der Waals surface area (Å²) in [6.07, 6.45) is -0.602. The minimum Gasteiger partial charge on any atom is -0.481 e. The van der Waals surface area contributed by atoms with Crippen LogP contribution in [0.15, 0.2) is 18.2 Å². The second-order valence-corrected chi connectivity index (χ2v) is 3.19. The number of carboxylic acid groups (broad SMARTS) is 1. The normalized spacial score (nSPS) is 12.2. The van der Waals surface area contributed by atoms with Gasteiger partial charge in [-0.2, -0.15) is 0 Å². The largest absolute Gasteiger partial charge is 0.481 e. The quantitative estimate of drug-likeness (QED) is 0.753. The first-order valence-corrected chi connectivity index (χ1v) is 4.38. The molecule has 1 atom stereocenters. The Balaban J connectivity index is 2.92. The molecule has 0 fully saturated rings. The van der Waals surface area contributed by atoms with Gasteiger partial charge in [-0.1, -0.05) is 0 Å². The van der Waals surface area contributed by atoms with Gasteiger partial charge in [-0.25, -0.2) is 8.78 Å². The third kappa shape index (κ3) is 2.83. The first kappa shape index (κ1) is 12.3. The van der Waals surface area contributed by atoms with Crippen LogP contribution in [0.2, 0.25) is 0 Å². The van der Waals surface area contributed by atoms with Gasteiger partial charge in [-0.05, 0) is 12.1 Å². The van der Waals surface area contributed by atoms with Crippen LogP contribution in [-0.2, 0) is 4.79 Å². The smallest absolute Gasteiger partial charge is 0.305 e. The van der Waals surface area contributed by atoms with Gasteiger partial charge in [-0.3, -0.25) is 9.59 Å². The summed E-state index contributed by atoms with van der Waals surface area (Å²) in [5, 5.41) is 8.41. The standard InChI is InChI=1S/C10H9F2NO3/c11-5-1-2-6(7(12)3-5)10(16)8(13)4-9(14)15/h1-3,8H,4,13H2,(H,14,15). The number of halogens is 2. The number of aliphatic carboxylic acids is 1. The molecule has 0 spiro atoms. The zero-order valence-electron chi connectivity index (χ0n) is 8.11. The second kappa shape index (κ2) is 4.80. The monoisotopic (exact) mass is 229 g/mol. The number of carboxylic acids is 1. The Bertz CT molecular complexity index is 434. The van der Waals surface area contributed by atoms with Crippen LogP contribution < -0.4 is 5.73 Å². The summed E-state index contributed by atoms with van der Waals surface area (Å²) >= 11 is 0. The highest BCUT2D eigenvalue weighted by atomic mass is 19.1. The maximum absolute atomic E-state index is 13.1. The van der Waals surface area contributed by atoms with E-state index in [1.54, 1.807) is 0 Å². The molecule has 0 radical (unpaired) electrons. The molecule has 0 saturated heterocycles. The molecule has 1 aromatic rings. The van der Waals surface area contributed by atoms with Gasteiger partial charge in [0.1, 0.15) is 11.6 Å². The van der Waals surface area contributed by atoms with Gasteiger partial charge in [0.05, 0.1) is 18.0 Å². The fraction of sp³-hybridized carbons (Fsp3) is 0.200. The number of rotatable bonds is 4. The van der Waals surface area contributed by atoms with Crippen molar-refractivity contribution in [3.05, 3.63) is 35.4 Å². The predicted molar refractivity (Wildman–Crippen MR) is 50.9 cm³/mol. The summed E-state index contributed by atoms with van der Waals surface area (Å²) in [7, 11) is 0. The summed E-state index contributed by atoms with van der Waals surface area (Å²) in [6.45, 7) is 0. The number of Topliss-reactive ketones (excluding diaryl/α,β-unsaturated/α-hetero) is 1. The molecule has 1 rings (SSSR count). The van der Waals surface area contributed by atoms with Crippen LogP contribution in [0.3, 0.4) is 0 Å². The van der Waals surface area contributed by atoms with Crippen molar-refractivity contribution < 1.29 is 23.5 Å². The Morgan fingerprint density at radius 1 is 1.38 bits per heavy atom. The lowest BCUT2D eigenvalue weighted by Gasteiger charge is -2.08. The average molecular weight is 229 g/mol. The number of ketones is 1. The minimum absolute atomic E-state index is 0.407. The molecular formula is C10H9F2NO3. The lowest BCUT2D eigenvalue weighted by Crippen LogP contribution is -2.33. The zero-order valence-corrected chi connectivity index (χ0v) is 8.11. The molecule has 0 aliphatic carbocycles. The summed E-state index contributed by atoms with van der Waals surface area (Å²) in [5.74, 6) is -3.99. The Labute approximate surface area is 89.7 Å². The third-order valence-electron chi connectivity index (χ3n) is 1.93. The van der Waals surface area contributed by atoms with Crippen molar-refractivity contribution in [3.63, 3.8) is 0 Å². The molecule has 0 aliphatic rings. The Morgan fingerprint density at radius 2 is 2.00 bits per heavy atom. The summed E-state index contributed by atoms with van der Waals surface area (Å²) in [4.78, 5) is 21.8. The molecule has 0 amide bonds. The highest BCUT2D eigenvalue weighted by Crippen LogP contribution is 2.12. The van der Waals surface area contributed by atoms with E-state index in [1.165, 1.54) is 0 Å². The maximum atomic E-state index is 13.1. The molecule has 1 unspecified atom stereocenters. The molecule has 3 N–H and O–H groups in total. The van der Waals surface area contributed by atoms with Crippen molar-refractivity contribution in [2.45, 2.75) is 12.5 Å². The number of carbonyl (C=O) groups excluding carboxylic acids is 1. The topological polar surface area (TPSA) is 80.4 Å². The highest BCUT2D eigenvalue weighted by Gasteiger charge is 2.21. The number of benzene rings is 1. The van der Waals surface area contributed by atoms with Crippen molar-refractivity contribution in [2.75, 3.05) is 0 Å². The molecule has 16 heavy (non-hydrogen) atoms. The van der Waals surface area contributed by atoms with Crippen LogP contribution in [0.25, 0.3) is 0 Å². The zero-order chi connectivity index (χ0) is 12.3. The lowest BCUT2D eigenvalue weighted by molar-refractivity contribution is -0.137. The second-order valence-electron chi connectivity index (χ2n) is 3.19. The SMILES string of the molecule is NC(CC(=O)O)C(=O)c1ccc(F)cc1F. The number of nitrogens with two attached hydrogens (primary N) is 1. The number of hydrogen-bond acceptors (Lipinski definition) is 3. The minimum atomic E-state index is -1.34. The molecule has 0 bridgehead atoms. The Morgan fingerprint density at radius 3 is 2.50 bits per heavy atom. The van der Waals surface area contributed by atoms with E-state index < -0.39 is 41.4 Å². The van der Waals surface area contributed by atoms with E-state index in [0.29, 0.717) is 6.07 Å². The van der Waals surface area contributed by atoms with E-state index in [-0.39, 0.29) is 0 Å². The first-order chi connectivity index (χ1) is 7.41. The van der Waals surface area contributed by atoms with E-state index in [1.807, 2.05) is 0 Å². The maximum Gasteiger partial charge on any atom is 0.305 e. The molecule has 0 aliphatic heterocycles. The lowest BCUT2D eigenvalue weighted by atomic mass is 10.0. The average Bonchev–Trinajstić information content (AvgIpc) is 2.15. The van der Waals surface area contributed by atoms with Crippen LogP contribution in [0.4, 0.5) is 8.78 Å². The van der Waals surface area contributed by atoms with Crippen molar-refractivity contribution in [1.29, 1.82) is 0 Å². The predicted octanol–water partition coefficient (Wildman–Crippen LogP) is 0.949. The van der Waals surface area contributed by atoms with Gasteiger partial charge >= 0.3 is 5.97 Å². The van der Waals surface area contributed by atoms with Crippen LogP contribution >= 0.6 is 0 Å². The van der Waals surface area contributed by atoms with Gasteiger partial charge < -0.3 is 10.8 Å². The van der Waals surface area contributed by atoms with Gasteiger partial charge in [0.15, 0.2) is 5.78 Å². The van der Waals surface area contributed by atoms with Gasteiger partial charge in [0.2, 0.25) is 0 Å². The molecule has 0 saturated carbocycles. The molecule has 1 aromatic carbocycles. The summed E-state index contributed by atoms with van der Waals surface area (Å²) in [6, 6.07) is 1.05. The molecule has 0 aromatic heterocycles. The van der Waals surface area contributed by atoms with Crippen molar-refractivity contribution >= 4 is 11.8 Å². The van der Waals surface area contributed by atoms with E-state index in [4.69, 9.17) is 10.8 Å². The number of hydrogen-bond donors (Lipinski definition) is 2. The Kier molecular flexibility index (Phi) is 3.68. The van der Waals surface area contributed by atoms with E-state index in [0.717, 1.165) is 12.1 Å². The highest BCUT2D eigenvalue weighted by molar-refractivity contribution is 6.01. The van der Waals surface area contributed by atoms with E-state index in [9.17, 15) is 18.4 Å². The molecule has 4 nitrogen and oxygen atoms in total. The fourth-order valence-corrected chi connectivity index (χ4v) is 1.17. The van der Waals surface area contributed by atoms with E-state index in [2.05, 4.69) is 0 Å². The van der Waals surface area contributed by atoms with Crippen molar-refractivity contribution in [2.24, 2.45) is 5.73 Å². The molecular weight excluding hydrogens is 220 g/mol. The molecule has 0 heterocycles. The molecule has 6 heteroatoms. The summed E-state index contributed by atoms with van der Waals surface area (Å²) in [5.41, 5.74) is 4.86. The molecule has 86 valence electrons. The van der Waals surface area contributed by atoms with Crippen LogP contribution in [0.1, 0.15) is 16.8 Å². The van der Waals surface area contributed by atoms with Crippen LogP contribution in [0, 0.1) is 11.6 Å². The van der Waals surface area contributed by atoms with Gasteiger partial charge in [0.25, 0.3) is 0 Å². The van der Waals surface area contributed by atoms with E-state index >= 15 is 0 Å². The van der Waals surface area contributed by atoms with Gasteiger partial charge in [-0.15, -0.1) is 0 Å². The Hall–Kier alpha value is -1.82. The van der Waals surface area contributed by atoms with Crippen LogP contribution in [-0.4, -0.2) is 22.9 Å². The van der Waals surface area contributed by atoms with Crippen LogP contribution in [0.5, 0.6) is 0 Å². The van der Waals surface area contributed by atoms with Gasteiger partial charge in [0, 0.05) is 6.07 Å².